The minimum atomic E-state index is -1.36. The van der Waals surface area contributed by atoms with Crippen LogP contribution in [-0.2, 0) is 28.8 Å². The van der Waals surface area contributed by atoms with Gasteiger partial charge < -0.3 is 60.6 Å². The average molecular weight is 2060 g/mol. The summed E-state index contributed by atoms with van der Waals surface area (Å²) < 4.78 is 175. The standard InChI is InChI=1S/3C19H21F2N3O.2C19H20F2N2O2.C19H22FN3O/c3*20-14-3-1-2-13-16-10-23-11-24(16)15(17(13)14)6-9-19(21)7-4-12(5-8-19)18(22)25;2*20-14-3-1-2-13-16-10-22-11-23(16)15(17(13)14)6-9-19(21)7-4-12(5-8-19)18(24)25;20-19(8-5-13(6-9-19)18(21)24)10-7-16-14-3-1-2-4-15(14)17-11-22-12-23(16)17/h3*1-3,10-12,15H,4-9H2,(H2,22,25);2*1-3,10-12,15H,4-9H2,(H,24,25);1-4,11-13,16H,5-10H2,(H2,21,24). The second-order valence-electron chi connectivity index (χ2n) is 43.4. The van der Waals surface area contributed by atoms with Gasteiger partial charge >= 0.3 is 11.9 Å². The number of alkyl halides is 6. The third-order valence-electron chi connectivity index (χ3n) is 34.7. The molecule has 6 aromatic carbocycles. The number of primary amides is 4. The Morgan fingerprint density at radius 1 is 0.255 bits per heavy atom. The molecule has 6 aromatic heterocycles. The van der Waals surface area contributed by atoms with Crippen molar-refractivity contribution in [2.24, 2.45) is 58.4 Å². The number of carbonyl (C=O) groups is 6. The van der Waals surface area contributed by atoms with Gasteiger partial charge in [0.05, 0.1) is 157 Å². The van der Waals surface area contributed by atoms with E-state index < -0.39 is 57.8 Å². The monoisotopic (exact) mass is 2050 g/mol. The normalized spacial score (nSPS) is 27.9. The fraction of sp³-hybridized carbons (Fsp3) is 0.474. The Morgan fingerprint density at radius 3 is 0.631 bits per heavy atom. The van der Waals surface area contributed by atoms with Crippen LogP contribution in [0.25, 0.3) is 67.5 Å². The third kappa shape index (κ3) is 21.5. The predicted octanol–water partition coefficient (Wildman–Crippen LogP) is 23.6. The Labute approximate surface area is 855 Å². The molecule has 35 heteroatoms. The number of rotatable bonds is 24. The van der Waals surface area contributed by atoms with Crippen molar-refractivity contribution in [2.45, 2.75) is 301 Å². The lowest BCUT2D eigenvalue weighted by Crippen LogP contribution is -2.35. The minimum absolute atomic E-state index is 0.152. The van der Waals surface area contributed by atoms with Crippen LogP contribution in [0.5, 0.6) is 0 Å². The van der Waals surface area contributed by atoms with E-state index in [9.17, 15) is 50.7 Å². The number of carboxylic acids is 2. The molecular weight excluding hydrogens is 1930 g/mol. The molecule has 12 aromatic rings. The Balaban J connectivity index is 0.000000112. The third-order valence-corrected chi connectivity index (χ3v) is 34.7. The molecule has 0 spiro atoms. The van der Waals surface area contributed by atoms with E-state index in [4.69, 9.17) is 33.1 Å². The van der Waals surface area contributed by atoms with Crippen LogP contribution < -0.4 is 22.9 Å². The number of benzene rings is 6. The summed E-state index contributed by atoms with van der Waals surface area (Å²) in [5.74, 6) is -5.93. The number of aliphatic carboxylic acids is 2. The number of halogens is 11. The summed E-state index contributed by atoms with van der Waals surface area (Å²) in [5.41, 5.74) is 28.7. The molecule has 12 aliphatic rings. The van der Waals surface area contributed by atoms with Crippen LogP contribution >= 0.6 is 0 Å². The van der Waals surface area contributed by atoms with Gasteiger partial charge in [-0.3, -0.25) is 28.8 Å². The lowest BCUT2D eigenvalue weighted by Gasteiger charge is -2.33. The molecule has 6 unspecified atom stereocenters. The van der Waals surface area contributed by atoms with Crippen molar-refractivity contribution < 1.29 is 87.3 Å². The summed E-state index contributed by atoms with van der Waals surface area (Å²) in [4.78, 5) is 92.2. The van der Waals surface area contributed by atoms with Gasteiger partial charge in [0.2, 0.25) is 23.6 Å². The second-order valence-corrected chi connectivity index (χ2v) is 43.4. The summed E-state index contributed by atoms with van der Waals surface area (Å²) >= 11 is 0. The molecule has 786 valence electrons. The lowest BCUT2D eigenvalue weighted by atomic mass is 9.77. The number of hydrogen-bond acceptors (Lipinski definition) is 12. The SMILES string of the molecule is NC(=O)C1CCC(F)(CCC2c3c(F)cccc3-c3cncn32)CC1.NC(=O)C1CCC(F)(CCC2c3c(F)cccc3-c3cncn32)CC1.NC(=O)C1CCC(F)(CCC2c3c(F)cccc3-c3cncn32)CC1.NC(=O)C1CCC(F)(CCC2c3ccccc3-c3cncn32)CC1.O=C(O)C1CCC(F)(CCC2c3c(F)cccc3-c3cncn32)CC1.O=C(O)C1CCC(F)(CCC2c3c(F)cccc3-c3cncn32)CC1. The minimum Gasteiger partial charge on any atom is -0.481 e. The van der Waals surface area contributed by atoms with E-state index in [2.05, 4.69) is 46.6 Å². The molecule has 0 radical (unpaired) electrons. The fourth-order valence-electron chi connectivity index (χ4n) is 26.0. The Morgan fingerprint density at radius 2 is 0.430 bits per heavy atom. The molecule has 12 heterocycles. The van der Waals surface area contributed by atoms with Crippen LogP contribution in [-0.4, -0.2) is 137 Å². The van der Waals surface area contributed by atoms with E-state index in [0.717, 1.165) is 68.4 Å². The maximum atomic E-state index is 15.2. The molecule has 10 N–H and O–H groups in total. The zero-order valence-electron chi connectivity index (χ0n) is 83.0. The molecular formula is C114H125F11N16O8. The Bertz CT molecular complexity index is 6110. The smallest absolute Gasteiger partial charge is 0.306 e. The van der Waals surface area contributed by atoms with Gasteiger partial charge in [-0.2, -0.15) is 0 Å². The Hall–Kier alpha value is -13.4. The summed E-state index contributed by atoms with van der Waals surface area (Å²) in [7, 11) is 0. The van der Waals surface area contributed by atoms with Gasteiger partial charge in [-0.15, -0.1) is 0 Å². The van der Waals surface area contributed by atoms with Crippen molar-refractivity contribution in [3.05, 3.63) is 253 Å². The molecule has 0 saturated heterocycles. The van der Waals surface area contributed by atoms with Gasteiger partial charge in [-0.1, -0.05) is 84.9 Å². The molecule has 24 rings (SSSR count). The van der Waals surface area contributed by atoms with Gasteiger partial charge in [-0.25, -0.2) is 78.2 Å². The van der Waals surface area contributed by atoms with E-state index >= 15 is 26.3 Å². The number of amides is 4. The lowest BCUT2D eigenvalue weighted by molar-refractivity contribution is -0.145. The van der Waals surface area contributed by atoms with Gasteiger partial charge in [-0.05, 0) is 267 Å². The van der Waals surface area contributed by atoms with E-state index in [0.29, 0.717) is 227 Å². The van der Waals surface area contributed by atoms with E-state index in [1.165, 1.54) is 41.5 Å². The van der Waals surface area contributed by atoms with E-state index in [1.54, 1.807) is 93.0 Å². The molecule has 4 amide bonds. The van der Waals surface area contributed by atoms with Crippen molar-refractivity contribution in [1.82, 2.24) is 57.3 Å². The highest BCUT2D eigenvalue weighted by atomic mass is 19.2. The van der Waals surface area contributed by atoms with Crippen molar-refractivity contribution in [1.29, 1.82) is 0 Å². The molecule has 0 bridgehead atoms. The van der Waals surface area contributed by atoms with E-state index in [-0.39, 0.29) is 138 Å². The molecule has 6 fully saturated rings. The fourth-order valence-corrected chi connectivity index (χ4v) is 26.0. The average Bonchev–Trinajstić information content (AvgIpc) is 1.57. The van der Waals surface area contributed by atoms with Crippen LogP contribution in [0.1, 0.15) is 301 Å². The number of aromatic nitrogens is 12. The number of carboxylic acid groups (broad SMARTS) is 2. The number of carbonyl (C=O) groups excluding carboxylic acids is 4. The second kappa shape index (κ2) is 42.9. The first-order valence-corrected chi connectivity index (χ1v) is 52.4. The van der Waals surface area contributed by atoms with Gasteiger partial charge in [0.25, 0.3) is 0 Å². The molecule has 6 aliphatic heterocycles. The maximum Gasteiger partial charge on any atom is 0.306 e. The topological polar surface area (TPSA) is 354 Å². The van der Waals surface area contributed by atoms with Crippen molar-refractivity contribution in [3.63, 3.8) is 0 Å². The number of hydrogen-bond donors (Lipinski definition) is 6. The first kappa shape index (κ1) is 104. The van der Waals surface area contributed by atoms with Crippen LogP contribution in [0.15, 0.2) is 190 Å². The largest absolute Gasteiger partial charge is 0.481 e. The van der Waals surface area contributed by atoms with Crippen molar-refractivity contribution in [2.75, 3.05) is 0 Å². The van der Waals surface area contributed by atoms with Crippen LogP contribution in [0, 0.1) is 64.6 Å². The van der Waals surface area contributed by atoms with Crippen LogP contribution in [0.3, 0.4) is 0 Å². The van der Waals surface area contributed by atoms with Gasteiger partial charge in [0.1, 0.15) is 63.1 Å². The molecule has 6 atom stereocenters. The molecule has 149 heavy (non-hydrogen) atoms. The molecule has 6 aliphatic carbocycles. The quantitative estimate of drug-likeness (QED) is 0.0306. The first-order chi connectivity index (χ1) is 71.5. The van der Waals surface area contributed by atoms with Crippen molar-refractivity contribution in [3.8, 4) is 67.5 Å². The van der Waals surface area contributed by atoms with Crippen LogP contribution in [0.2, 0.25) is 0 Å². The maximum absolute atomic E-state index is 15.2. The van der Waals surface area contributed by atoms with E-state index in [1.807, 2.05) is 77.8 Å². The van der Waals surface area contributed by atoms with Gasteiger partial charge in [0, 0.05) is 84.9 Å². The first-order valence-electron chi connectivity index (χ1n) is 52.4. The summed E-state index contributed by atoms with van der Waals surface area (Å²) in [6, 6.07) is 32.3. The van der Waals surface area contributed by atoms with Crippen LogP contribution in [0.4, 0.5) is 48.3 Å². The number of fused-ring (bicyclic) bond motifs is 18. The molecule has 6 saturated carbocycles. The number of nitrogens with zero attached hydrogens (tertiary/aromatic N) is 12. The summed E-state index contributed by atoms with van der Waals surface area (Å²) in [5, 5.41) is 18.1. The molecule has 24 nitrogen and oxygen atoms in total. The number of imidazole rings is 6. The summed E-state index contributed by atoms with van der Waals surface area (Å²) in [6.45, 7) is 0. The number of nitrogens with two attached hydrogens (primary N) is 4. The highest BCUT2D eigenvalue weighted by Gasteiger charge is 2.48. The van der Waals surface area contributed by atoms with Gasteiger partial charge in [0.15, 0.2) is 0 Å². The highest BCUT2D eigenvalue weighted by molar-refractivity contribution is 5.80. The highest BCUT2D eigenvalue weighted by Crippen LogP contribution is 2.55. The zero-order chi connectivity index (χ0) is 105. The zero-order valence-corrected chi connectivity index (χ0v) is 83.0. The Kier molecular flexibility index (Phi) is 30.0. The summed E-state index contributed by atoms with van der Waals surface area (Å²) in [6.07, 6.45) is 35.7. The van der Waals surface area contributed by atoms with Crippen molar-refractivity contribution >= 4 is 35.6 Å². The predicted molar refractivity (Wildman–Crippen MR) is 537 cm³/mol.